The van der Waals surface area contributed by atoms with Crippen LogP contribution >= 0.6 is 0 Å². The number of rotatable bonds is 2. The fraction of sp³-hybridized carbons (Fsp3) is 0.368. The van der Waals surface area contributed by atoms with Crippen LogP contribution in [0.4, 0.5) is 0 Å². The first-order valence-corrected chi connectivity index (χ1v) is 7.34. The average molecular weight is 254 g/mol. The number of benzene rings is 1. The predicted octanol–water partition coefficient (Wildman–Crippen LogP) is 5.82. The molecule has 0 spiro atoms. The van der Waals surface area contributed by atoms with Gasteiger partial charge in [-0.2, -0.15) is 0 Å². The van der Waals surface area contributed by atoms with E-state index in [0.717, 1.165) is 12.8 Å². The maximum Gasteiger partial charge on any atom is 0.00662 e. The molecule has 0 heterocycles. The van der Waals surface area contributed by atoms with Crippen molar-refractivity contribution in [3.63, 3.8) is 0 Å². The van der Waals surface area contributed by atoms with E-state index in [0.29, 0.717) is 5.92 Å². The molecule has 1 aliphatic carbocycles. The molecule has 0 fully saturated rings. The van der Waals surface area contributed by atoms with Gasteiger partial charge in [0.15, 0.2) is 0 Å². The molecule has 0 radical (unpaired) electrons. The zero-order valence-electron chi connectivity index (χ0n) is 12.7. The van der Waals surface area contributed by atoms with Gasteiger partial charge in [0.1, 0.15) is 0 Å². The van der Waals surface area contributed by atoms with Crippen LogP contribution in [-0.4, -0.2) is 0 Å². The Bertz CT molecular complexity index is 475. The Morgan fingerprint density at radius 3 is 2.47 bits per heavy atom. The highest BCUT2D eigenvalue weighted by Gasteiger charge is 2.19. The van der Waals surface area contributed by atoms with E-state index in [1.807, 2.05) is 19.9 Å². The molecule has 0 saturated carbocycles. The molecule has 0 heteroatoms. The van der Waals surface area contributed by atoms with Gasteiger partial charge in [0.2, 0.25) is 0 Å². The lowest BCUT2D eigenvalue weighted by atomic mass is 9.89. The second-order valence-electron chi connectivity index (χ2n) is 4.61. The van der Waals surface area contributed by atoms with Crippen molar-refractivity contribution in [1.82, 2.24) is 0 Å². The highest BCUT2D eigenvalue weighted by molar-refractivity contribution is 5.46. The molecule has 1 aromatic carbocycles. The minimum absolute atomic E-state index is 0.456. The number of allylic oxidation sites excluding steroid dienone is 5. The Morgan fingerprint density at radius 1 is 1.16 bits per heavy atom. The van der Waals surface area contributed by atoms with Gasteiger partial charge in [-0.05, 0) is 42.0 Å². The highest BCUT2D eigenvalue weighted by Crippen LogP contribution is 2.35. The van der Waals surface area contributed by atoms with Gasteiger partial charge in [-0.25, -0.2) is 0 Å². The maximum absolute atomic E-state index is 3.99. The molecule has 1 atom stereocenters. The summed E-state index contributed by atoms with van der Waals surface area (Å²) in [6, 6.07) is 8.78. The zero-order chi connectivity index (χ0) is 14.3. The summed E-state index contributed by atoms with van der Waals surface area (Å²) in [4.78, 5) is 0. The van der Waals surface area contributed by atoms with Crippen molar-refractivity contribution in [3.05, 3.63) is 71.3 Å². The molecule has 0 aliphatic heterocycles. The summed E-state index contributed by atoms with van der Waals surface area (Å²) >= 11 is 0. The molecule has 1 unspecified atom stereocenters. The lowest BCUT2D eigenvalue weighted by Crippen LogP contribution is -1.98. The molecule has 0 saturated heterocycles. The molecule has 0 bridgehead atoms. The van der Waals surface area contributed by atoms with Crippen molar-refractivity contribution in [1.29, 1.82) is 0 Å². The summed E-state index contributed by atoms with van der Waals surface area (Å²) in [7, 11) is 0. The van der Waals surface area contributed by atoms with Crippen molar-refractivity contribution in [2.75, 3.05) is 0 Å². The Hall–Kier alpha value is -1.56. The first-order valence-electron chi connectivity index (χ1n) is 7.34. The van der Waals surface area contributed by atoms with Gasteiger partial charge in [0.25, 0.3) is 0 Å². The minimum atomic E-state index is 0.456. The second-order valence-corrected chi connectivity index (χ2v) is 4.61. The third-order valence-corrected chi connectivity index (χ3v) is 3.61. The van der Waals surface area contributed by atoms with Crippen LogP contribution < -0.4 is 0 Å². The molecule has 0 nitrogen and oxygen atoms in total. The van der Waals surface area contributed by atoms with E-state index < -0.39 is 0 Å². The molecule has 102 valence electrons. The van der Waals surface area contributed by atoms with Crippen LogP contribution in [0.25, 0.3) is 0 Å². The van der Waals surface area contributed by atoms with Crippen molar-refractivity contribution in [3.8, 4) is 0 Å². The number of hydrogen-bond acceptors (Lipinski definition) is 0. The first kappa shape index (κ1) is 15.5. The molecule has 0 N–H and O–H groups in total. The Balaban J connectivity index is 0.000000861. The number of fused-ring (bicyclic) bond motifs is 1. The van der Waals surface area contributed by atoms with Crippen LogP contribution in [-0.2, 0) is 6.42 Å². The van der Waals surface area contributed by atoms with E-state index in [1.54, 1.807) is 0 Å². The smallest absolute Gasteiger partial charge is 0.00662 e. The van der Waals surface area contributed by atoms with E-state index >= 15 is 0 Å². The van der Waals surface area contributed by atoms with Crippen molar-refractivity contribution < 1.29 is 0 Å². The lowest BCUT2D eigenvalue weighted by Gasteiger charge is -2.15. The number of aryl methyl sites for hydroxylation is 1. The standard InChI is InChI=1S/C17H20.C2H6/c1-4-8-14-11-12-15-9-6-7-10-17(15)13(3)16(14)5-2;1-2/h4-10,13H,2,11-12H2,1,3H3;1-2H3/b8-4-;. The monoisotopic (exact) mass is 254 g/mol. The van der Waals surface area contributed by atoms with Gasteiger partial charge in [0, 0.05) is 5.92 Å². The highest BCUT2D eigenvalue weighted by atomic mass is 14.2. The Morgan fingerprint density at radius 2 is 1.84 bits per heavy atom. The molecule has 0 amide bonds. The quantitative estimate of drug-likeness (QED) is 0.623. The zero-order valence-corrected chi connectivity index (χ0v) is 12.7. The van der Waals surface area contributed by atoms with E-state index in [2.05, 4.69) is 56.8 Å². The van der Waals surface area contributed by atoms with Gasteiger partial charge >= 0.3 is 0 Å². The van der Waals surface area contributed by atoms with Gasteiger partial charge in [-0.1, -0.05) is 69.8 Å². The third-order valence-electron chi connectivity index (χ3n) is 3.61. The van der Waals surface area contributed by atoms with E-state index in [4.69, 9.17) is 0 Å². The van der Waals surface area contributed by atoms with E-state index in [9.17, 15) is 0 Å². The maximum atomic E-state index is 3.99. The van der Waals surface area contributed by atoms with Crippen molar-refractivity contribution in [2.24, 2.45) is 0 Å². The van der Waals surface area contributed by atoms with Gasteiger partial charge in [0.05, 0.1) is 0 Å². The molecule has 19 heavy (non-hydrogen) atoms. The van der Waals surface area contributed by atoms with Gasteiger partial charge < -0.3 is 0 Å². The van der Waals surface area contributed by atoms with E-state index in [1.165, 1.54) is 22.3 Å². The first-order chi connectivity index (χ1) is 9.27. The average Bonchev–Trinajstić information content (AvgIpc) is 2.60. The molecule has 1 aromatic rings. The van der Waals surface area contributed by atoms with Crippen LogP contribution in [0.3, 0.4) is 0 Å². The van der Waals surface area contributed by atoms with Crippen LogP contribution in [0, 0.1) is 0 Å². The lowest BCUT2D eigenvalue weighted by molar-refractivity contribution is 0.910. The summed E-state index contributed by atoms with van der Waals surface area (Å²) in [5.41, 5.74) is 5.76. The molecule has 0 aromatic heterocycles. The molecule has 1 aliphatic rings. The summed E-state index contributed by atoms with van der Waals surface area (Å²) in [5, 5.41) is 0. The Kier molecular flexibility index (Phi) is 6.35. The van der Waals surface area contributed by atoms with E-state index in [-0.39, 0.29) is 0 Å². The van der Waals surface area contributed by atoms with Crippen LogP contribution in [0.1, 0.15) is 51.2 Å². The van der Waals surface area contributed by atoms with Crippen LogP contribution in [0.15, 0.2) is 60.2 Å². The second kappa shape index (κ2) is 7.78. The fourth-order valence-corrected chi connectivity index (χ4v) is 2.73. The van der Waals surface area contributed by atoms with Gasteiger partial charge in [-0.3, -0.25) is 0 Å². The SMILES string of the molecule is C=CC1=C(/C=C\C)CCc2ccccc2C1C.CC. The third kappa shape index (κ3) is 3.47. The normalized spacial score (nSPS) is 18.4. The van der Waals surface area contributed by atoms with Gasteiger partial charge in [-0.15, -0.1) is 0 Å². The van der Waals surface area contributed by atoms with Crippen molar-refractivity contribution in [2.45, 2.75) is 46.5 Å². The summed E-state index contributed by atoms with van der Waals surface area (Å²) in [6.45, 7) is 12.4. The Labute approximate surface area is 118 Å². The summed E-state index contributed by atoms with van der Waals surface area (Å²) in [5.74, 6) is 0.456. The molecular formula is C19H26. The predicted molar refractivity (Wildman–Crippen MR) is 86.6 cm³/mol. The minimum Gasteiger partial charge on any atom is -0.0988 e. The largest absolute Gasteiger partial charge is 0.0988 e. The van der Waals surface area contributed by atoms with Crippen LogP contribution in [0.2, 0.25) is 0 Å². The fourth-order valence-electron chi connectivity index (χ4n) is 2.73. The van der Waals surface area contributed by atoms with Crippen LogP contribution in [0.5, 0.6) is 0 Å². The summed E-state index contributed by atoms with van der Waals surface area (Å²) in [6.07, 6.45) is 8.65. The molecular weight excluding hydrogens is 228 g/mol. The van der Waals surface area contributed by atoms with Crippen molar-refractivity contribution >= 4 is 0 Å². The molecule has 2 rings (SSSR count). The number of hydrogen-bond donors (Lipinski definition) is 0. The topological polar surface area (TPSA) is 0 Å². The summed E-state index contributed by atoms with van der Waals surface area (Å²) < 4.78 is 0.